The molecule has 7 heteroatoms. The first kappa shape index (κ1) is 14.8. The van der Waals surface area contributed by atoms with Gasteiger partial charge in [-0.25, -0.2) is 4.90 Å². The Bertz CT molecular complexity index is 822. The zero-order valence-electron chi connectivity index (χ0n) is 12.5. The summed E-state index contributed by atoms with van der Waals surface area (Å²) in [5.41, 5.74) is 1.50. The Morgan fingerprint density at radius 3 is 2.38 bits per heavy atom. The van der Waals surface area contributed by atoms with Gasteiger partial charge in [-0.05, 0) is 29.8 Å². The molecule has 0 spiro atoms. The van der Waals surface area contributed by atoms with Crippen LogP contribution in [0.1, 0.15) is 5.56 Å². The van der Waals surface area contributed by atoms with Crippen molar-refractivity contribution in [1.29, 1.82) is 0 Å². The maximum Gasteiger partial charge on any atom is 0.263 e. The van der Waals surface area contributed by atoms with Crippen LogP contribution in [-0.2, 0) is 16.1 Å². The summed E-state index contributed by atoms with van der Waals surface area (Å²) in [6.45, 7) is 0.430. The van der Waals surface area contributed by atoms with Gasteiger partial charge in [-0.15, -0.1) is 0 Å². The molecule has 2 aliphatic rings. The predicted octanol–water partition coefficient (Wildman–Crippen LogP) is 2.83. The van der Waals surface area contributed by atoms with E-state index in [1.165, 1.54) is 4.90 Å². The van der Waals surface area contributed by atoms with Crippen LogP contribution in [0.4, 0.5) is 5.69 Å². The third-order valence-electron chi connectivity index (χ3n) is 4.13. The molecule has 1 saturated heterocycles. The van der Waals surface area contributed by atoms with E-state index >= 15 is 0 Å². The summed E-state index contributed by atoms with van der Waals surface area (Å²) in [4.78, 5) is 26.5. The van der Waals surface area contributed by atoms with Gasteiger partial charge in [0.25, 0.3) is 11.8 Å². The average Bonchev–Trinajstić information content (AvgIpc) is 3.11. The number of carbonyl (C=O) groups excluding carboxylic acids is 2. The van der Waals surface area contributed by atoms with Crippen LogP contribution in [0.3, 0.4) is 0 Å². The van der Waals surface area contributed by atoms with E-state index in [1.54, 1.807) is 29.3 Å². The number of rotatable bonds is 3. The van der Waals surface area contributed by atoms with Gasteiger partial charge < -0.3 is 0 Å². The molecule has 0 aromatic heterocycles. The Morgan fingerprint density at radius 1 is 0.958 bits per heavy atom. The molecule has 6 nitrogen and oxygen atoms in total. The molecular weight excluding hydrogens is 328 g/mol. The fraction of sp³-hybridized carbons (Fsp3) is 0.176. The van der Waals surface area contributed by atoms with Crippen molar-refractivity contribution in [2.45, 2.75) is 18.6 Å². The number of hydrogen-bond donors (Lipinski definition) is 0. The Kier molecular flexibility index (Phi) is 3.54. The lowest BCUT2D eigenvalue weighted by Crippen LogP contribution is -2.39. The van der Waals surface area contributed by atoms with Gasteiger partial charge in [0.15, 0.2) is 12.1 Å². The molecule has 2 aliphatic heterocycles. The number of carbonyl (C=O) groups is 2. The summed E-state index contributed by atoms with van der Waals surface area (Å²) < 4.78 is 0. The van der Waals surface area contributed by atoms with E-state index in [-0.39, 0.29) is 11.8 Å². The number of amides is 2. The zero-order chi connectivity index (χ0) is 16.7. The second-order valence-electron chi connectivity index (χ2n) is 5.67. The second kappa shape index (κ2) is 5.72. The molecule has 2 amide bonds. The predicted molar refractivity (Wildman–Crippen MR) is 88.4 cm³/mol. The molecule has 0 radical (unpaired) electrons. The first-order valence-electron chi connectivity index (χ1n) is 7.50. The van der Waals surface area contributed by atoms with Crippen LogP contribution in [0.25, 0.3) is 0 Å². The van der Waals surface area contributed by atoms with Crippen LogP contribution in [0.2, 0.25) is 5.02 Å². The van der Waals surface area contributed by atoms with Gasteiger partial charge in [0.2, 0.25) is 0 Å². The molecular formula is C17H13ClN4O2. The molecule has 0 bridgehead atoms. The molecule has 2 aromatic rings. The summed E-state index contributed by atoms with van der Waals surface area (Å²) in [6, 6.07) is 14.8. The van der Waals surface area contributed by atoms with E-state index in [4.69, 9.17) is 11.6 Å². The van der Waals surface area contributed by atoms with Crippen LogP contribution in [0, 0.1) is 0 Å². The first-order valence-corrected chi connectivity index (χ1v) is 7.87. The highest BCUT2D eigenvalue weighted by molar-refractivity contribution is 6.31. The van der Waals surface area contributed by atoms with Crippen molar-refractivity contribution in [3.8, 4) is 0 Å². The van der Waals surface area contributed by atoms with Crippen LogP contribution >= 0.6 is 11.6 Å². The molecule has 2 heterocycles. The highest BCUT2D eigenvalue weighted by atomic mass is 35.5. The smallest absolute Gasteiger partial charge is 0.263 e. The largest absolute Gasteiger partial charge is 0.271 e. The minimum Gasteiger partial charge on any atom is -0.271 e. The van der Waals surface area contributed by atoms with E-state index in [0.717, 1.165) is 5.56 Å². The van der Waals surface area contributed by atoms with Crippen molar-refractivity contribution >= 4 is 29.1 Å². The van der Waals surface area contributed by atoms with Crippen molar-refractivity contribution in [2.75, 3.05) is 4.90 Å². The summed E-state index contributed by atoms with van der Waals surface area (Å²) in [5.74, 6) is -0.667. The Labute approximate surface area is 143 Å². The van der Waals surface area contributed by atoms with Gasteiger partial charge in [0.05, 0.1) is 12.2 Å². The summed E-state index contributed by atoms with van der Waals surface area (Å²) >= 11 is 5.87. The molecule has 0 aliphatic carbocycles. The molecule has 0 saturated carbocycles. The lowest BCUT2D eigenvalue weighted by molar-refractivity contribution is -0.123. The van der Waals surface area contributed by atoms with E-state index in [1.807, 2.05) is 30.3 Å². The Morgan fingerprint density at radius 2 is 1.67 bits per heavy atom. The van der Waals surface area contributed by atoms with Gasteiger partial charge in [0, 0.05) is 5.02 Å². The molecule has 2 atom stereocenters. The van der Waals surface area contributed by atoms with Gasteiger partial charge in [-0.2, -0.15) is 5.11 Å². The number of anilines is 1. The van der Waals surface area contributed by atoms with Crippen molar-refractivity contribution in [3.05, 3.63) is 65.2 Å². The highest BCUT2D eigenvalue weighted by Gasteiger charge is 2.54. The molecule has 1 fully saturated rings. The molecule has 24 heavy (non-hydrogen) atoms. The zero-order valence-corrected chi connectivity index (χ0v) is 13.3. The molecule has 120 valence electrons. The van der Waals surface area contributed by atoms with Crippen LogP contribution < -0.4 is 4.90 Å². The van der Waals surface area contributed by atoms with E-state index < -0.39 is 12.1 Å². The monoisotopic (exact) mass is 340 g/mol. The lowest BCUT2D eigenvalue weighted by atomic mass is 10.1. The SMILES string of the molecule is O=C1[C@H]2N=NN(Cc3ccccc3)[C@@H]2C(=O)N1c1ccc(Cl)cc1. The number of halogens is 1. The van der Waals surface area contributed by atoms with Crippen molar-refractivity contribution in [3.63, 3.8) is 0 Å². The first-order chi connectivity index (χ1) is 11.6. The maximum atomic E-state index is 12.8. The van der Waals surface area contributed by atoms with E-state index in [2.05, 4.69) is 10.3 Å². The normalized spacial score (nSPS) is 22.4. The Hall–Kier alpha value is -2.73. The van der Waals surface area contributed by atoms with Crippen molar-refractivity contribution in [1.82, 2.24) is 5.01 Å². The number of benzene rings is 2. The molecule has 0 N–H and O–H groups in total. The molecule has 4 rings (SSSR count). The fourth-order valence-corrected chi connectivity index (χ4v) is 3.09. The second-order valence-corrected chi connectivity index (χ2v) is 6.10. The van der Waals surface area contributed by atoms with E-state index in [0.29, 0.717) is 17.3 Å². The highest BCUT2D eigenvalue weighted by Crippen LogP contribution is 2.33. The molecule has 0 unspecified atom stereocenters. The number of hydrogen-bond acceptors (Lipinski definition) is 5. The Balaban J connectivity index is 1.61. The maximum absolute atomic E-state index is 12.8. The number of imide groups is 1. The quantitative estimate of drug-likeness (QED) is 0.807. The number of nitrogens with zero attached hydrogens (tertiary/aromatic N) is 4. The summed E-state index contributed by atoms with van der Waals surface area (Å²) in [5, 5.41) is 10.2. The molecule has 2 aromatic carbocycles. The third-order valence-corrected chi connectivity index (χ3v) is 4.38. The average molecular weight is 341 g/mol. The standard InChI is InChI=1S/C17H13ClN4O2/c18-12-6-8-13(9-7-12)22-16(23)14-15(17(22)24)21(20-19-14)10-11-4-2-1-3-5-11/h1-9,14-15H,10H2/t14-,15-/m0/s1. The van der Waals surface area contributed by atoms with Gasteiger partial charge in [-0.1, -0.05) is 47.2 Å². The topological polar surface area (TPSA) is 65.3 Å². The van der Waals surface area contributed by atoms with Crippen LogP contribution in [0.15, 0.2) is 64.9 Å². The van der Waals surface area contributed by atoms with Crippen LogP contribution in [0.5, 0.6) is 0 Å². The minimum atomic E-state index is -0.781. The van der Waals surface area contributed by atoms with Crippen LogP contribution in [-0.4, -0.2) is 28.9 Å². The summed E-state index contributed by atoms with van der Waals surface area (Å²) in [6.07, 6.45) is 0. The van der Waals surface area contributed by atoms with Crippen molar-refractivity contribution < 1.29 is 9.59 Å². The van der Waals surface area contributed by atoms with Crippen molar-refractivity contribution in [2.24, 2.45) is 10.3 Å². The third kappa shape index (κ3) is 2.35. The van der Waals surface area contributed by atoms with Gasteiger partial charge in [0.1, 0.15) is 0 Å². The summed E-state index contributed by atoms with van der Waals surface area (Å²) in [7, 11) is 0. The number of fused-ring (bicyclic) bond motifs is 1. The fourth-order valence-electron chi connectivity index (χ4n) is 2.97. The van der Waals surface area contributed by atoms with E-state index in [9.17, 15) is 9.59 Å². The minimum absolute atomic E-state index is 0.312. The lowest BCUT2D eigenvalue weighted by Gasteiger charge is -2.20. The van der Waals surface area contributed by atoms with Gasteiger partial charge in [-0.3, -0.25) is 14.6 Å². The van der Waals surface area contributed by atoms with Gasteiger partial charge >= 0.3 is 0 Å².